The Morgan fingerprint density at radius 2 is 1.33 bits per heavy atom. The Bertz CT molecular complexity index is 1860. The van der Waals surface area contributed by atoms with Gasteiger partial charge in [0.15, 0.2) is 0 Å². The SMILES string of the molecule is C=C(C)C(=O)OCCCc1cc(-c2ccc(C3C=CC(c4ccc(CCCCC)cc4)=CC3)c(CC)c2)cc(CCCOC(=O)C(=C)C)c1OCCC(C)(CO)CO. The average molecular weight is 791 g/mol. The molecule has 0 aliphatic heterocycles. The molecule has 1 unspecified atom stereocenters. The van der Waals surface area contributed by atoms with Crippen LogP contribution in [0.2, 0.25) is 0 Å². The molecule has 3 aromatic rings. The van der Waals surface area contributed by atoms with Gasteiger partial charge in [-0.1, -0.05) is 107 Å². The van der Waals surface area contributed by atoms with E-state index in [0.29, 0.717) is 43.3 Å². The molecule has 1 aliphatic carbocycles. The van der Waals surface area contributed by atoms with E-state index in [4.69, 9.17) is 14.2 Å². The number of esters is 2. The van der Waals surface area contributed by atoms with Crippen molar-refractivity contribution in [2.24, 2.45) is 5.41 Å². The molecule has 0 fully saturated rings. The lowest BCUT2D eigenvalue weighted by Crippen LogP contribution is -2.28. The van der Waals surface area contributed by atoms with E-state index >= 15 is 0 Å². The number of carbonyl (C=O) groups excluding carboxylic acids is 2. The topological polar surface area (TPSA) is 102 Å². The van der Waals surface area contributed by atoms with Gasteiger partial charge in [-0.25, -0.2) is 9.59 Å². The molecule has 3 aromatic carbocycles. The van der Waals surface area contributed by atoms with E-state index in [-0.39, 0.29) is 39.0 Å². The molecule has 0 radical (unpaired) electrons. The van der Waals surface area contributed by atoms with Gasteiger partial charge in [-0.2, -0.15) is 0 Å². The van der Waals surface area contributed by atoms with Crippen LogP contribution in [0.4, 0.5) is 0 Å². The summed E-state index contributed by atoms with van der Waals surface area (Å²) in [7, 11) is 0. The Labute approximate surface area is 347 Å². The summed E-state index contributed by atoms with van der Waals surface area (Å²) < 4.78 is 17.4. The summed E-state index contributed by atoms with van der Waals surface area (Å²) in [4.78, 5) is 24.3. The summed E-state index contributed by atoms with van der Waals surface area (Å²) >= 11 is 0. The van der Waals surface area contributed by atoms with Crippen LogP contribution in [0.1, 0.15) is 119 Å². The molecule has 7 heteroatoms. The van der Waals surface area contributed by atoms with E-state index in [2.05, 4.69) is 99.8 Å². The Kier molecular flexibility index (Phi) is 18.2. The number of hydrogen-bond acceptors (Lipinski definition) is 7. The first-order chi connectivity index (χ1) is 27.9. The number of aryl methyl sites for hydroxylation is 4. The fourth-order valence-electron chi connectivity index (χ4n) is 7.15. The summed E-state index contributed by atoms with van der Waals surface area (Å²) in [6, 6.07) is 20.2. The molecule has 1 atom stereocenters. The van der Waals surface area contributed by atoms with Gasteiger partial charge in [0.05, 0.1) is 33.0 Å². The molecule has 0 spiro atoms. The lowest BCUT2D eigenvalue weighted by Gasteiger charge is -2.26. The molecule has 0 aromatic heterocycles. The van der Waals surface area contributed by atoms with Crippen molar-refractivity contribution in [1.29, 1.82) is 0 Å². The van der Waals surface area contributed by atoms with Crippen LogP contribution in [-0.2, 0) is 44.7 Å². The smallest absolute Gasteiger partial charge is 0.333 e. The van der Waals surface area contributed by atoms with Gasteiger partial charge < -0.3 is 24.4 Å². The molecule has 1 aliphatic rings. The first-order valence-corrected chi connectivity index (χ1v) is 21.2. The molecule has 0 bridgehead atoms. The van der Waals surface area contributed by atoms with Gasteiger partial charge >= 0.3 is 11.9 Å². The van der Waals surface area contributed by atoms with E-state index in [9.17, 15) is 19.8 Å². The number of hydrogen-bond donors (Lipinski definition) is 2. The first kappa shape index (κ1) is 46.0. The molecular formula is C51H66O7. The fraction of sp³-hybridized carbons (Fsp3) is 0.451. The van der Waals surface area contributed by atoms with Gasteiger partial charge in [-0.05, 0) is 134 Å². The third kappa shape index (κ3) is 13.4. The zero-order valence-corrected chi connectivity index (χ0v) is 35.7. The van der Waals surface area contributed by atoms with Crippen LogP contribution in [0.5, 0.6) is 5.75 Å². The average Bonchev–Trinajstić information content (AvgIpc) is 3.24. The number of benzene rings is 3. The van der Waals surface area contributed by atoms with Crippen molar-refractivity contribution in [1.82, 2.24) is 0 Å². The van der Waals surface area contributed by atoms with E-state index in [1.165, 1.54) is 47.1 Å². The number of rotatable bonds is 24. The lowest BCUT2D eigenvalue weighted by molar-refractivity contribution is -0.139. The van der Waals surface area contributed by atoms with Gasteiger partial charge in [0.1, 0.15) is 5.75 Å². The van der Waals surface area contributed by atoms with Crippen molar-refractivity contribution in [2.75, 3.05) is 33.0 Å². The molecule has 58 heavy (non-hydrogen) atoms. The van der Waals surface area contributed by atoms with Gasteiger partial charge in [0.2, 0.25) is 0 Å². The van der Waals surface area contributed by atoms with Crippen molar-refractivity contribution >= 4 is 17.5 Å². The van der Waals surface area contributed by atoms with Crippen molar-refractivity contribution < 1.29 is 34.0 Å². The summed E-state index contributed by atoms with van der Waals surface area (Å²) in [5.74, 6) is 0.185. The third-order valence-electron chi connectivity index (χ3n) is 11.0. The van der Waals surface area contributed by atoms with Crippen LogP contribution < -0.4 is 4.74 Å². The van der Waals surface area contributed by atoms with Crippen LogP contribution in [0.3, 0.4) is 0 Å². The number of carbonyl (C=O) groups is 2. The van der Waals surface area contributed by atoms with Crippen LogP contribution >= 0.6 is 0 Å². The van der Waals surface area contributed by atoms with E-state index in [0.717, 1.165) is 47.3 Å². The zero-order valence-electron chi connectivity index (χ0n) is 35.7. The second-order valence-electron chi connectivity index (χ2n) is 16.2. The van der Waals surface area contributed by atoms with Crippen molar-refractivity contribution in [2.45, 2.75) is 111 Å². The third-order valence-corrected chi connectivity index (χ3v) is 11.0. The predicted octanol–water partition coefficient (Wildman–Crippen LogP) is 10.6. The van der Waals surface area contributed by atoms with E-state index in [1.807, 2.05) is 6.92 Å². The molecule has 7 nitrogen and oxygen atoms in total. The van der Waals surface area contributed by atoms with Crippen LogP contribution in [-0.4, -0.2) is 55.2 Å². The number of ether oxygens (including phenoxy) is 3. The molecule has 0 heterocycles. The lowest BCUT2D eigenvalue weighted by atomic mass is 9.84. The molecule has 0 saturated carbocycles. The quantitative estimate of drug-likeness (QED) is 0.0529. The Morgan fingerprint density at radius 3 is 1.84 bits per heavy atom. The predicted molar refractivity (Wildman–Crippen MR) is 236 cm³/mol. The highest BCUT2D eigenvalue weighted by Gasteiger charge is 2.24. The minimum Gasteiger partial charge on any atom is -0.493 e. The van der Waals surface area contributed by atoms with Crippen molar-refractivity contribution in [3.63, 3.8) is 0 Å². The number of allylic oxidation sites excluding steroid dienone is 4. The number of aliphatic hydroxyl groups excluding tert-OH is 2. The first-order valence-electron chi connectivity index (χ1n) is 21.2. The second kappa shape index (κ2) is 23.0. The molecule has 312 valence electrons. The normalized spacial score (nSPS) is 13.8. The minimum absolute atomic E-state index is 0.162. The maximum atomic E-state index is 12.1. The van der Waals surface area contributed by atoms with Crippen molar-refractivity contribution in [3.8, 4) is 16.9 Å². The number of aliphatic hydroxyl groups is 2. The van der Waals surface area contributed by atoms with Crippen molar-refractivity contribution in [3.05, 3.63) is 131 Å². The molecular weight excluding hydrogens is 725 g/mol. The highest BCUT2D eigenvalue weighted by Crippen LogP contribution is 2.38. The van der Waals surface area contributed by atoms with Gasteiger partial charge in [-0.15, -0.1) is 0 Å². The van der Waals surface area contributed by atoms with Crippen LogP contribution in [0.15, 0.2) is 97.1 Å². The maximum Gasteiger partial charge on any atom is 0.333 e. The van der Waals surface area contributed by atoms with E-state index in [1.54, 1.807) is 13.8 Å². The van der Waals surface area contributed by atoms with Gasteiger partial charge in [-0.3, -0.25) is 0 Å². The molecule has 4 rings (SSSR count). The summed E-state index contributed by atoms with van der Waals surface area (Å²) in [5.41, 5.74) is 10.7. The van der Waals surface area contributed by atoms with E-state index < -0.39 is 17.4 Å². The molecule has 0 amide bonds. The van der Waals surface area contributed by atoms with Gasteiger partial charge in [0.25, 0.3) is 0 Å². The Balaban J connectivity index is 1.63. The van der Waals surface area contributed by atoms with Gasteiger partial charge in [0, 0.05) is 22.5 Å². The summed E-state index contributed by atoms with van der Waals surface area (Å²) in [6.07, 6.45) is 16.5. The van der Waals surface area contributed by atoms with Crippen LogP contribution in [0, 0.1) is 5.41 Å². The summed E-state index contributed by atoms with van der Waals surface area (Å²) in [6.45, 7) is 17.4. The molecule has 2 N–H and O–H groups in total. The second-order valence-corrected chi connectivity index (χ2v) is 16.2. The highest BCUT2D eigenvalue weighted by molar-refractivity contribution is 5.87. The number of unbranched alkanes of at least 4 members (excludes halogenated alkanes) is 2. The summed E-state index contributed by atoms with van der Waals surface area (Å²) in [5, 5.41) is 19.9. The fourth-order valence-corrected chi connectivity index (χ4v) is 7.15. The monoisotopic (exact) mass is 790 g/mol. The van der Waals surface area contributed by atoms with Crippen LogP contribution in [0.25, 0.3) is 16.7 Å². The largest absolute Gasteiger partial charge is 0.493 e. The molecule has 0 saturated heterocycles. The minimum atomic E-state index is -0.684. The Morgan fingerprint density at radius 1 is 0.741 bits per heavy atom. The zero-order chi connectivity index (χ0) is 42.1. The standard InChI is InChI=1S/C51H66O7/c1-8-10-11-14-38-17-19-40(20-18-38)41-21-23-42(24-22-41)47-26-25-43(31-39(47)9-2)46-32-44(15-12-28-57-49(54)36(3)4)48(56-30-27-51(7,34-52)35-53)45(33-46)16-13-29-58-50(55)37(5)6/h17-23,25-26,31-33,42,52-53H,3,5,8-16,24,27-30,34-35H2,1-2,4,6-7H3. The Hall–Kier alpha value is -4.72. The highest BCUT2D eigenvalue weighted by atomic mass is 16.5. The maximum absolute atomic E-state index is 12.1.